The van der Waals surface area contributed by atoms with Crippen molar-refractivity contribution in [1.82, 2.24) is 19.9 Å². The summed E-state index contributed by atoms with van der Waals surface area (Å²) in [6.07, 6.45) is 3.50. The molecule has 3 aromatic heterocycles. The van der Waals surface area contributed by atoms with Crippen molar-refractivity contribution in [2.24, 2.45) is 0 Å². The van der Waals surface area contributed by atoms with Gasteiger partial charge in [-0.2, -0.15) is 0 Å². The fourth-order valence-corrected chi connectivity index (χ4v) is 2.22. The van der Waals surface area contributed by atoms with Crippen molar-refractivity contribution >= 4 is 22.1 Å². The number of imidazole rings is 1. The first-order chi connectivity index (χ1) is 8.90. The van der Waals surface area contributed by atoms with Gasteiger partial charge in [0.15, 0.2) is 0 Å². The minimum Gasteiger partial charge on any atom is -0.345 e. The van der Waals surface area contributed by atoms with Crippen LogP contribution in [0.4, 0.5) is 0 Å². The summed E-state index contributed by atoms with van der Waals surface area (Å²) < 4.78 is 0. The Labute approximate surface area is 103 Å². The summed E-state index contributed by atoms with van der Waals surface area (Å²) in [5, 5.41) is 1.12. The Hall–Kier alpha value is -2.62. The number of H-pyrrole nitrogens is 2. The van der Waals surface area contributed by atoms with Crippen molar-refractivity contribution in [1.29, 1.82) is 0 Å². The van der Waals surface area contributed by atoms with E-state index in [2.05, 4.69) is 44.2 Å². The molecular weight excluding hydrogens is 224 g/mol. The Morgan fingerprint density at radius 3 is 2.94 bits per heavy atom. The van der Waals surface area contributed by atoms with Crippen molar-refractivity contribution in [3.63, 3.8) is 0 Å². The first-order valence-corrected chi connectivity index (χ1v) is 5.77. The van der Waals surface area contributed by atoms with Crippen LogP contribution in [0.5, 0.6) is 0 Å². The summed E-state index contributed by atoms with van der Waals surface area (Å²) in [4.78, 5) is 15.0. The predicted molar refractivity (Wildman–Crippen MR) is 71.2 cm³/mol. The molecule has 0 amide bonds. The molecule has 0 aliphatic heterocycles. The molecule has 0 atom stereocenters. The molecule has 0 aliphatic carbocycles. The van der Waals surface area contributed by atoms with Gasteiger partial charge in [-0.15, -0.1) is 0 Å². The van der Waals surface area contributed by atoms with E-state index >= 15 is 0 Å². The van der Waals surface area contributed by atoms with Crippen LogP contribution in [0.25, 0.3) is 33.3 Å². The summed E-state index contributed by atoms with van der Waals surface area (Å²) >= 11 is 0. The number of aromatic amines is 2. The highest BCUT2D eigenvalue weighted by atomic mass is 14.9. The van der Waals surface area contributed by atoms with E-state index in [0.717, 1.165) is 33.3 Å². The van der Waals surface area contributed by atoms with Crippen molar-refractivity contribution < 1.29 is 0 Å². The van der Waals surface area contributed by atoms with Gasteiger partial charge in [-0.25, -0.2) is 9.97 Å². The third-order valence-corrected chi connectivity index (χ3v) is 3.12. The minimum absolute atomic E-state index is 0.914. The minimum atomic E-state index is 0.914. The smallest absolute Gasteiger partial charge is 0.137 e. The Morgan fingerprint density at radius 1 is 1.00 bits per heavy atom. The molecule has 0 spiro atoms. The van der Waals surface area contributed by atoms with Crippen LogP contribution in [0, 0.1) is 0 Å². The highest BCUT2D eigenvalue weighted by Crippen LogP contribution is 2.25. The van der Waals surface area contributed by atoms with Crippen LogP contribution >= 0.6 is 0 Å². The number of pyridine rings is 1. The lowest BCUT2D eigenvalue weighted by Crippen LogP contribution is -1.78. The fourth-order valence-electron chi connectivity index (χ4n) is 2.22. The third-order valence-electron chi connectivity index (χ3n) is 3.12. The summed E-state index contributed by atoms with van der Waals surface area (Å²) in [6.45, 7) is 0. The van der Waals surface area contributed by atoms with Crippen LogP contribution < -0.4 is 0 Å². The van der Waals surface area contributed by atoms with Gasteiger partial charge < -0.3 is 9.97 Å². The number of rotatable bonds is 1. The lowest BCUT2D eigenvalue weighted by atomic mass is 10.1. The quantitative estimate of drug-likeness (QED) is 0.531. The molecule has 0 aliphatic rings. The van der Waals surface area contributed by atoms with Gasteiger partial charge in [0, 0.05) is 22.8 Å². The molecule has 4 rings (SSSR count). The molecule has 0 radical (unpaired) electrons. The van der Waals surface area contributed by atoms with E-state index in [1.807, 2.05) is 12.1 Å². The molecular formula is C14H10N4. The molecule has 4 heteroatoms. The van der Waals surface area contributed by atoms with Crippen LogP contribution in [0.1, 0.15) is 0 Å². The summed E-state index contributed by atoms with van der Waals surface area (Å²) in [5.41, 5.74) is 5.13. The summed E-state index contributed by atoms with van der Waals surface area (Å²) in [6, 6.07) is 12.3. The Morgan fingerprint density at radius 2 is 2.00 bits per heavy atom. The van der Waals surface area contributed by atoms with Crippen LogP contribution in [0.2, 0.25) is 0 Å². The lowest BCUT2D eigenvalue weighted by Gasteiger charge is -1.97. The molecule has 0 unspecified atom stereocenters. The molecule has 0 bridgehead atoms. The maximum atomic E-state index is 4.30. The predicted octanol–water partition coefficient (Wildman–Crippen LogP) is 3.11. The zero-order valence-corrected chi connectivity index (χ0v) is 9.51. The monoisotopic (exact) mass is 234 g/mol. The van der Waals surface area contributed by atoms with E-state index in [-0.39, 0.29) is 0 Å². The van der Waals surface area contributed by atoms with Gasteiger partial charge in [-0.05, 0) is 30.3 Å². The number of hydrogen-bond acceptors (Lipinski definition) is 2. The van der Waals surface area contributed by atoms with Gasteiger partial charge in [0.05, 0.1) is 17.4 Å². The zero-order valence-electron chi connectivity index (χ0n) is 9.51. The molecule has 4 nitrogen and oxygen atoms in total. The SMILES string of the molecule is c1cnc2[nH]c(-c3ccc4nc[nH]c4c3)cc2c1. The van der Waals surface area contributed by atoms with Crippen LogP contribution in [-0.2, 0) is 0 Å². The number of aromatic nitrogens is 4. The van der Waals surface area contributed by atoms with Gasteiger partial charge in [-0.3, -0.25) is 0 Å². The normalized spacial score (nSPS) is 11.3. The number of hydrogen-bond donors (Lipinski definition) is 2. The Balaban J connectivity index is 1.94. The Kier molecular flexibility index (Phi) is 1.80. The van der Waals surface area contributed by atoms with E-state index in [1.54, 1.807) is 12.5 Å². The number of benzene rings is 1. The first kappa shape index (κ1) is 9.41. The van der Waals surface area contributed by atoms with E-state index < -0.39 is 0 Å². The average molecular weight is 234 g/mol. The van der Waals surface area contributed by atoms with Crippen LogP contribution in [0.15, 0.2) is 48.9 Å². The number of fused-ring (bicyclic) bond motifs is 2. The molecule has 18 heavy (non-hydrogen) atoms. The topological polar surface area (TPSA) is 57.4 Å². The lowest BCUT2D eigenvalue weighted by molar-refractivity contribution is 1.32. The van der Waals surface area contributed by atoms with Crippen molar-refractivity contribution in [2.45, 2.75) is 0 Å². The van der Waals surface area contributed by atoms with Crippen molar-refractivity contribution in [2.75, 3.05) is 0 Å². The van der Waals surface area contributed by atoms with E-state index in [0.29, 0.717) is 0 Å². The summed E-state index contributed by atoms with van der Waals surface area (Å²) in [7, 11) is 0. The van der Waals surface area contributed by atoms with E-state index in [1.165, 1.54) is 0 Å². The largest absolute Gasteiger partial charge is 0.345 e. The standard InChI is InChI=1S/C14H10N4/c1-2-10-7-12(18-14(10)15-5-1)9-3-4-11-13(6-9)17-8-16-11/h1-8H,(H,15,18)(H,16,17). The van der Waals surface area contributed by atoms with Crippen LogP contribution in [-0.4, -0.2) is 19.9 Å². The zero-order chi connectivity index (χ0) is 11.9. The molecule has 4 aromatic rings. The third kappa shape index (κ3) is 1.32. The maximum Gasteiger partial charge on any atom is 0.137 e. The van der Waals surface area contributed by atoms with E-state index in [4.69, 9.17) is 0 Å². The van der Waals surface area contributed by atoms with Gasteiger partial charge in [-0.1, -0.05) is 6.07 Å². The molecule has 0 saturated heterocycles. The second-order valence-electron chi connectivity index (χ2n) is 4.26. The highest BCUT2D eigenvalue weighted by molar-refractivity contribution is 5.86. The molecule has 0 saturated carbocycles. The van der Waals surface area contributed by atoms with Crippen LogP contribution in [0.3, 0.4) is 0 Å². The maximum absolute atomic E-state index is 4.30. The van der Waals surface area contributed by atoms with Crippen molar-refractivity contribution in [3.8, 4) is 11.3 Å². The second kappa shape index (κ2) is 3.43. The molecule has 1 aromatic carbocycles. The number of nitrogens with zero attached hydrogens (tertiary/aromatic N) is 2. The first-order valence-electron chi connectivity index (χ1n) is 5.77. The summed E-state index contributed by atoms with van der Waals surface area (Å²) in [5.74, 6) is 0. The molecule has 2 N–H and O–H groups in total. The molecule has 0 fully saturated rings. The van der Waals surface area contributed by atoms with Gasteiger partial charge >= 0.3 is 0 Å². The Bertz CT molecular complexity index is 808. The van der Waals surface area contributed by atoms with Gasteiger partial charge in [0.1, 0.15) is 5.65 Å². The highest BCUT2D eigenvalue weighted by Gasteiger charge is 2.05. The number of nitrogens with one attached hydrogen (secondary N) is 2. The van der Waals surface area contributed by atoms with E-state index in [9.17, 15) is 0 Å². The van der Waals surface area contributed by atoms with Gasteiger partial charge in [0.25, 0.3) is 0 Å². The molecule has 86 valence electrons. The van der Waals surface area contributed by atoms with Gasteiger partial charge in [0.2, 0.25) is 0 Å². The fraction of sp³-hybridized carbons (Fsp3) is 0. The second-order valence-corrected chi connectivity index (χ2v) is 4.26. The average Bonchev–Trinajstić information content (AvgIpc) is 3.04. The van der Waals surface area contributed by atoms with Crippen molar-refractivity contribution in [3.05, 3.63) is 48.9 Å². The molecule has 3 heterocycles.